The van der Waals surface area contributed by atoms with Crippen LogP contribution in [0.1, 0.15) is 28.4 Å². The minimum absolute atomic E-state index is 0. The van der Waals surface area contributed by atoms with E-state index in [-0.39, 0.29) is 24.9 Å². The van der Waals surface area contributed by atoms with Crippen LogP contribution in [0.5, 0.6) is 23.0 Å². The van der Waals surface area contributed by atoms with Crippen molar-refractivity contribution >= 4 is 56.2 Å². The van der Waals surface area contributed by atoms with Crippen LogP contribution in [0.15, 0.2) is 95.8 Å². The third-order valence-corrected chi connectivity index (χ3v) is 7.62. The Morgan fingerprint density at radius 2 is 1.17 bits per heavy atom. The molecule has 6 rings (SSSR count). The largest absolute Gasteiger partial charge is 0.457 e. The number of pyridine rings is 2. The number of hydrogen-bond donors (Lipinski definition) is 2. The molecule has 0 bridgehead atoms. The summed E-state index contributed by atoms with van der Waals surface area (Å²) in [6.45, 7) is 0. The van der Waals surface area contributed by atoms with E-state index in [4.69, 9.17) is 9.47 Å². The standard InChI is InChI=1S/C16H14N4O3S.C16H14N4O2S.CH4/c1-17-15(21)14-8-12(5-6-18-14)23-11-3-4-13-10(7-11)9-19-16(20-13)24(2)22;1-17-15(21)14-8-12(5-6-18-14)22-11-3-4-13-10(7-11)9-19-16(20-13)23-2;/h3-9H,1-2H3,(H,17,21);3-9H,1-2H3,(H,17,21);1H4. The lowest BCUT2D eigenvalue weighted by Gasteiger charge is -2.08. The number of carbonyl (C=O) groups excluding carboxylic acids is 2. The lowest BCUT2D eigenvalue weighted by atomic mass is 10.2. The van der Waals surface area contributed by atoms with Gasteiger partial charge in [0.1, 0.15) is 34.4 Å². The van der Waals surface area contributed by atoms with Gasteiger partial charge < -0.3 is 20.1 Å². The lowest BCUT2D eigenvalue weighted by molar-refractivity contribution is 0.0950. The van der Waals surface area contributed by atoms with Gasteiger partial charge in [-0.1, -0.05) is 19.2 Å². The van der Waals surface area contributed by atoms with E-state index in [0.29, 0.717) is 39.4 Å². The van der Waals surface area contributed by atoms with Crippen molar-refractivity contribution in [1.29, 1.82) is 0 Å². The molecule has 2 N–H and O–H groups in total. The fourth-order valence-corrected chi connectivity index (χ4v) is 4.85. The van der Waals surface area contributed by atoms with Crippen molar-refractivity contribution < 1.29 is 23.3 Å². The highest BCUT2D eigenvalue weighted by Gasteiger charge is 2.10. The summed E-state index contributed by atoms with van der Waals surface area (Å²) in [4.78, 5) is 48.2. The van der Waals surface area contributed by atoms with Crippen molar-refractivity contribution in [1.82, 2.24) is 40.5 Å². The summed E-state index contributed by atoms with van der Waals surface area (Å²) < 4.78 is 23.0. The molecular weight excluding hydrogens is 653 g/mol. The maximum absolute atomic E-state index is 11.6. The van der Waals surface area contributed by atoms with Crippen molar-refractivity contribution in [2.75, 3.05) is 26.6 Å². The third-order valence-electron chi connectivity index (χ3n) is 6.35. The molecule has 0 saturated heterocycles. The smallest absolute Gasteiger partial charge is 0.269 e. The number of rotatable bonds is 8. The van der Waals surface area contributed by atoms with Gasteiger partial charge in [-0.05, 0) is 54.8 Å². The van der Waals surface area contributed by atoms with Crippen molar-refractivity contribution in [2.45, 2.75) is 17.7 Å². The fourth-order valence-electron chi connectivity index (χ4n) is 4.08. The highest BCUT2D eigenvalue weighted by Crippen LogP contribution is 2.27. The molecule has 0 fully saturated rings. The van der Waals surface area contributed by atoms with Crippen molar-refractivity contribution in [3.63, 3.8) is 0 Å². The number of benzene rings is 2. The summed E-state index contributed by atoms with van der Waals surface area (Å²) in [5.41, 5.74) is 2.12. The van der Waals surface area contributed by atoms with E-state index in [1.165, 1.54) is 30.4 Å². The Hall–Kier alpha value is -5.54. The zero-order valence-corrected chi connectivity index (χ0v) is 27.3. The third kappa shape index (κ3) is 8.83. The minimum Gasteiger partial charge on any atom is -0.457 e. The average molecular weight is 685 g/mol. The van der Waals surface area contributed by atoms with E-state index in [0.717, 1.165) is 21.4 Å². The van der Waals surface area contributed by atoms with Crippen LogP contribution < -0.4 is 20.1 Å². The van der Waals surface area contributed by atoms with E-state index in [1.807, 2.05) is 24.5 Å². The Labute approximate surface area is 283 Å². The molecule has 0 saturated carbocycles. The molecular formula is C33H32N8O5S2. The van der Waals surface area contributed by atoms with Gasteiger partial charge in [-0.2, -0.15) is 0 Å². The number of nitrogens with one attached hydrogen (secondary N) is 2. The van der Waals surface area contributed by atoms with Gasteiger partial charge in [-0.15, -0.1) is 0 Å². The van der Waals surface area contributed by atoms with Gasteiger partial charge in [-0.25, -0.2) is 19.9 Å². The second kappa shape index (κ2) is 16.3. The van der Waals surface area contributed by atoms with Crippen LogP contribution in [0.4, 0.5) is 0 Å². The van der Waals surface area contributed by atoms with Gasteiger partial charge in [0, 0.05) is 68.0 Å². The maximum Gasteiger partial charge on any atom is 0.269 e. The molecule has 48 heavy (non-hydrogen) atoms. The summed E-state index contributed by atoms with van der Waals surface area (Å²) in [7, 11) is 1.87. The molecule has 0 spiro atoms. The van der Waals surface area contributed by atoms with E-state index in [1.54, 1.807) is 69.0 Å². The number of hydrogen-bond acceptors (Lipinski definition) is 12. The van der Waals surface area contributed by atoms with Crippen LogP contribution in [0.2, 0.25) is 0 Å². The summed E-state index contributed by atoms with van der Waals surface area (Å²) in [5.74, 6) is 1.71. The Morgan fingerprint density at radius 3 is 1.65 bits per heavy atom. The van der Waals surface area contributed by atoms with Crippen molar-refractivity contribution in [2.24, 2.45) is 0 Å². The summed E-state index contributed by atoms with van der Waals surface area (Å²) in [6, 6.07) is 17.4. The first-order chi connectivity index (χ1) is 22.8. The van der Waals surface area contributed by atoms with Gasteiger partial charge in [-0.3, -0.25) is 23.8 Å². The summed E-state index contributed by atoms with van der Waals surface area (Å²) in [6.07, 6.45) is 9.89. The molecule has 246 valence electrons. The number of carbonyl (C=O) groups is 2. The average Bonchev–Trinajstić information content (AvgIpc) is 3.10. The van der Waals surface area contributed by atoms with Gasteiger partial charge in [0.2, 0.25) is 5.16 Å². The first-order valence-electron chi connectivity index (χ1n) is 13.9. The predicted molar refractivity (Wildman–Crippen MR) is 185 cm³/mol. The van der Waals surface area contributed by atoms with Crippen molar-refractivity contribution in [3.8, 4) is 23.0 Å². The summed E-state index contributed by atoms with van der Waals surface area (Å²) in [5, 5.41) is 7.72. The minimum atomic E-state index is -1.23. The molecule has 1 unspecified atom stereocenters. The Balaban J connectivity index is 0.000000212. The monoisotopic (exact) mass is 684 g/mol. The molecule has 2 aromatic carbocycles. The second-order valence-electron chi connectivity index (χ2n) is 9.52. The molecule has 1 atom stereocenters. The topological polar surface area (TPSA) is 171 Å². The highest BCUT2D eigenvalue weighted by atomic mass is 32.2. The van der Waals surface area contributed by atoms with E-state index >= 15 is 0 Å². The van der Waals surface area contributed by atoms with Gasteiger partial charge in [0.25, 0.3) is 11.8 Å². The first kappa shape index (κ1) is 35.3. The predicted octanol–water partition coefficient (Wildman–Crippen LogP) is 5.45. The second-order valence-corrected chi connectivity index (χ2v) is 11.6. The first-order valence-corrected chi connectivity index (χ1v) is 16.7. The van der Waals surface area contributed by atoms with Crippen LogP contribution in [0.25, 0.3) is 21.8 Å². The van der Waals surface area contributed by atoms with Crippen LogP contribution in [0.3, 0.4) is 0 Å². The Morgan fingerprint density at radius 1 is 0.688 bits per heavy atom. The zero-order valence-electron chi connectivity index (χ0n) is 25.6. The molecule has 4 aromatic heterocycles. The van der Waals surface area contributed by atoms with Crippen molar-refractivity contribution in [3.05, 3.63) is 96.8 Å². The number of aromatic nitrogens is 6. The quantitative estimate of drug-likeness (QED) is 0.154. The van der Waals surface area contributed by atoms with E-state index < -0.39 is 10.8 Å². The summed E-state index contributed by atoms with van der Waals surface area (Å²) >= 11 is 1.50. The van der Waals surface area contributed by atoms with Gasteiger partial charge >= 0.3 is 0 Å². The number of amides is 2. The van der Waals surface area contributed by atoms with Crippen LogP contribution in [-0.2, 0) is 10.8 Å². The normalized spacial score (nSPS) is 11.0. The maximum atomic E-state index is 11.6. The van der Waals surface area contributed by atoms with E-state index in [2.05, 4.69) is 40.5 Å². The van der Waals surface area contributed by atoms with Crippen LogP contribution in [-0.4, -0.2) is 72.5 Å². The number of fused-ring (bicyclic) bond motifs is 2. The Kier molecular flexibility index (Phi) is 12.0. The highest BCUT2D eigenvalue weighted by molar-refractivity contribution is 7.98. The number of nitrogens with zero attached hydrogens (tertiary/aromatic N) is 6. The van der Waals surface area contributed by atoms with E-state index in [9.17, 15) is 13.8 Å². The zero-order chi connectivity index (χ0) is 33.3. The van der Waals surface area contributed by atoms with Crippen LogP contribution in [0, 0.1) is 0 Å². The molecule has 0 aliphatic rings. The van der Waals surface area contributed by atoms with Gasteiger partial charge in [0.05, 0.1) is 21.8 Å². The Bertz CT molecular complexity index is 2120. The molecule has 0 radical (unpaired) electrons. The molecule has 6 aromatic rings. The molecule has 2 amide bonds. The molecule has 0 aliphatic carbocycles. The molecule has 4 heterocycles. The molecule has 15 heteroatoms. The van der Waals surface area contributed by atoms with Crippen LogP contribution >= 0.6 is 11.8 Å². The number of thioether (sulfide) groups is 1. The fraction of sp³-hybridized carbons (Fsp3) is 0.152. The SMILES string of the molecule is C.CNC(=O)c1cc(Oc2ccc3nc(S(C)=O)ncc3c2)ccn1.CNC(=O)c1cc(Oc2ccc3nc(SC)ncc3c2)ccn1. The molecule has 13 nitrogen and oxygen atoms in total. The number of ether oxygens (including phenoxy) is 2. The van der Waals surface area contributed by atoms with Gasteiger partial charge in [0.15, 0.2) is 5.16 Å². The molecule has 0 aliphatic heterocycles. The lowest BCUT2D eigenvalue weighted by Crippen LogP contribution is -2.18.